The van der Waals surface area contributed by atoms with Crippen LogP contribution in [-0.2, 0) is 9.59 Å². The highest BCUT2D eigenvalue weighted by Gasteiger charge is 2.39. The fourth-order valence-corrected chi connectivity index (χ4v) is 1.38. The second kappa shape index (κ2) is 6.89. The zero-order chi connectivity index (χ0) is 15.3. The van der Waals surface area contributed by atoms with Crippen LogP contribution < -0.4 is 11.1 Å². The minimum atomic E-state index is -0.974. The van der Waals surface area contributed by atoms with Gasteiger partial charge in [0.2, 0.25) is 5.91 Å². The van der Waals surface area contributed by atoms with Crippen LogP contribution in [0.1, 0.15) is 53.9 Å². The van der Waals surface area contributed by atoms with E-state index in [1.54, 1.807) is 0 Å². The largest absolute Gasteiger partial charge is 0.480 e. The zero-order valence-corrected chi connectivity index (χ0v) is 12.7. The molecule has 4 N–H and O–H groups in total. The molecule has 0 saturated heterocycles. The number of unbranched alkanes of at least 4 members (excludes halogenated alkanes) is 1. The van der Waals surface area contributed by atoms with Gasteiger partial charge in [0.25, 0.3) is 0 Å². The lowest BCUT2D eigenvalue weighted by atomic mass is 9.69. The Balaban J connectivity index is 3.97. The molecule has 19 heavy (non-hydrogen) atoms. The molecule has 0 spiro atoms. The molecule has 0 aromatic rings. The minimum absolute atomic E-state index is 0.0301. The lowest BCUT2D eigenvalue weighted by Gasteiger charge is -2.37. The number of aliphatic carboxylic acids is 1. The van der Waals surface area contributed by atoms with E-state index in [1.807, 2.05) is 34.6 Å². The molecule has 0 radical (unpaired) electrons. The van der Waals surface area contributed by atoms with Crippen LogP contribution in [0.3, 0.4) is 0 Å². The lowest BCUT2D eigenvalue weighted by Crippen LogP contribution is -2.45. The van der Waals surface area contributed by atoms with Gasteiger partial charge in [-0.15, -0.1) is 0 Å². The summed E-state index contributed by atoms with van der Waals surface area (Å²) in [6.07, 6.45) is 1.88. The Bertz CT molecular complexity index is 319. The third-order valence-corrected chi connectivity index (χ3v) is 3.99. The quantitative estimate of drug-likeness (QED) is 0.616. The van der Waals surface area contributed by atoms with E-state index < -0.39 is 17.4 Å². The van der Waals surface area contributed by atoms with E-state index in [1.165, 1.54) is 0 Å². The van der Waals surface area contributed by atoms with E-state index in [-0.39, 0.29) is 11.3 Å². The highest BCUT2D eigenvalue weighted by molar-refractivity contribution is 5.82. The first-order valence-electron chi connectivity index (χ1n) is 6.77. The summed E-state index contributed by atoms with van der Waals surface area (Å²) in [5.41, 5.74) is 4.85. The first-order chi connectivity index (χ1) is 8.50. The minimum Gasteiger partial charge on any atom is -0.480 e. The van der Waals surface area contributed by atoms with E-state index in [4.69, 9.17) is 10.8 Å². The summed E-state index contributed by atoms with van der Waals surface area (Å²) >= 11 is 0. The summed E-state index contributed by atoms with van der Waals surface area (Å²) in [7, 11) is 0. The third-order valence-electron chi connectivity index (χ3n) is 3.99. The van der Waals surface area contributed by atoms with Crippen LogP contribution in [0.15, 0.2) is 0 Å². The maximum absolute atomic E-state index is 12.1. The summed E-state index contributed by atoms with van der Waals surface area (Å²) in [5.74, 6) is -0.944. The summed E-state index contributed by atoms with van der Waals surface area (Å²) in [4.78, 5) is 22.6. The molecule has 0 aliphatic heterocycles. The van der Waals surface area contributed by atoms with Crippen molar-refractivity contribution in [3.05, 3.63) is 0 Å². The van der Waals surface area contributed by atoms with Crippen LogP contribution in [0.5, 0.6) is 0 Å². The van der Waals surface area contributed by atoms with Gasteiger partial charge < -0.3 is 16.2 Å². The van der Waals surface area contributed by atoms with Gasteiger partial charge in [0.1, 0.15) is 6.04 Å². The first-order valence-corrected chi connectivity index (χ1v) is 6.77. The summed E-state index contributed by atoms with van der Waals surface area (Å²) in [5, 5.41) is 11.5. The van der Waals surface area contributed by atoms with E-state index in [2.05, 4.69) is 5.32 Å². The molecule has 0 fully saturated rings. The van der Waals surface area contributed by atoms with Crippen LogP contribution in [0, 0.1) is 10.8 Å². The van der Waals surface area contributed by atoms with E-state index in [0.717, 1.165) is 6.42 Å². The molecule has 0 aliphatic carbocycles. The van der Waals surface area contributed by atoms with Crippen molar-refractivity contribution >= 4 is 11.9 Å². The van der Waals surface area contributed by atoms with Crippen molar-refractivity contribution in [2.24, 2.45) is 16.6 Å². The van der Waals surface area contributed by atoms with Crippen molar-refractivity contribution in [2.75, 3.05) is 6.54 Å². The molecule has 1 atom stereocenters. The second-order valence-electron chi connectivity index (χ2n) is 6.57. The van der Waals surface area contributed by atoms with Crippen LogP contribution in [0.25, 0.3) is 0 Å². The standard InChI is InChI=1S/C14H28N2O3/c1-13(2,3)14(4,5)12(19)16-9-7-6-8-10(15)11(17)18/h10H,6-9,15H2,1-5H3,(H,16,19)(H,17,18). The van der Waals surface area contributed by atoms with Crippen LogP contribution >= 0.6 is 0 Å². The Labute approximate surface area is 115 Å². The molecule has 5 heteroatoms. The van der Waals surface area contributed by atoms with Gasteiger partial charge in [-0.1, -0.05) is 34.6 Å². The molecule has 0 aromatic carbocycles. The predicted octanol–water partition coefficient (Wildman–Crippen LogP) is 1.76. The number of nitrogens with one attached hydrogen (secondary N) is 1. The molecule has 0 bridgehead atoms. The maximum Gasteiger partial charge on any atom is 0.320 e. The highest BCUT2D eigenvalue weighted by Crippen LogP contribution is 2.37. The van der Waals surface area contributed by atoms with Gasteiger partial charge in [-0.3, -0.25) is 9.59 Å². The van der Waals surface area contributed by atoms with Crippen molar-refractivity contribution in [2.45, 2.75) is 59.9 Å². The van der Waals surface area contributed by atoms with Crippen molar-refractivity contribution < 1.29 is 14.7 Å². The molecule has 0 aromatic heterocycles. The molecule has 0 saturated carbocycles. The number of carboxylic acids is 1. The van der Waals surface area contributed by atoms with E-state index in [9.17, 15) is 9.59 Å². The number of carboxylic acid groups (broad SMARTS) is 1. The van der Waals surface area contributed by atoms with Gasteiger partial charge in [0, 0.05) is 12.0 Å². The fraction of sp³-hybridized carbons (Fsp3) is 0.857. The van der Waals surface area contributed by atoms with E-state index >= 15 is 0 Å². The molecular formula is C14H28N2O3. The average molecular weight is 272 g/mol. The van der Waals surface area contributed by atoms with Gasteiger partial charge in [-0.05, 0) is 24.7 Å². The Morgan fingerprint density at radius 3 is 2.11 bits per heavy atom. The van der Waals surface area contributed by atoms with Gasteiger partial charge >= 0.3 is 5.97 Å². The Morgan fingerprint density at radius 1 is 1.16 bits per heavy atom. The van der Waals surface area contributed by atoms with Crippen LogP contribution in [0.2, 0.25) is 0 Å². The SMILES string of the molecule is CC(C)(C)C(C)(C)C(=O)NCCCCC(N)C(=O)O. The van der Waals surface area contributed by atoms with Crippen molar-refractivity contribution in [1.29, 1.82) is 0 Å². The molecular weight excluding hydrogens is 244 g/mol. The predicted molar refractivity (Wildman–Crippen MR) is 75.7 cm³/mol. The normalized spacial score (nSPS) is 14.0. The van der Waals surface area contributed by atoms with Gasteiger partial charge in [-0.2, -0.15) is 0 Å². The highest BCUT2D eigenvalue weighted by atomic mass is 16.4. The lowest BCUT2D eigenvalue weighted by molar-refractivity contribution is -0.139. The molecule has 1 amide bonds. The number of rotatable bonds is 7. The molecule has 0 rings (SSSR count). The number of hydrogen-bond donors (Lipinski definition) is 3. The molecule has 0 heterocycles. The van der Waals surface area contributed by atoms with Crippen LogP contribution in [-0.4, -0.2) is 29.6 Å². The summed E-state index contributed by atoms with van der Waals surface area (Å²) in [6, 6.07) is -0.804. The average Bonchev–Trinajstić information content (AvgIpc) is 2.26. The Kier molecular flexibility index (Phi) is 6.49. The summed E-state index contributed by atoms with van der Waals surface area (Å²) < 4.78 is 0. The number of amides is 1. The second-order valence-corrected chi connectivity index (χ2v) is 6.57. The van der Waals surface area contributed by atoms with Gasteiger partial charge in [0.15, 0.2) is 0 Å². The molecule has 0 aliphatic rings. The number of nitrogens with two attached hydrogens (primary N) is 1. The number of carbonyl (C=O) groups is 2. The van der Waals surface area contributed by atoms with Crippen molar-refractivity contribution in [3.8, 4) is 0 Å². The Hall–Kier alpha value is -1.10. The third kappa shape index (κ3) is 5.59. The van der Waals surface area contributed by atoms with E-state index in [0.29, 0.717) is 19.4 Å². The molecule has 5 nitrogen and oxygen atoms in total. The molecule has 1 unspecified atom stereocenters. The van der Waals surface area contributed by atoms with Crippen molar-refractivity contribution in [1.82, 2.24) is 5.32 Å². The van der Waals surface area contributed by atoms with Gasteiger partial charge in [0.05, 0.1) is 0 Å². The number of carbonyl (C=O) groups excluding carboxylic acids is 1. The topological polar surface area (TPSA) is 92.4 Å². The smallest absolute Gasteiger partial charge is 0.320 e. The Morgan fingerprint density at radius 2 is 1.68 bits per heavy atom. The van der Waals surface area contributed by atoms with Crippen LogP contribution in [0.4, 0.5) is 0 Å². The number of hydrogen-bond acceptors (Lipinski definition) is 3. The zero-order valence-electron chi connectivity index (χ0n) is 12.7. The molecule has 112 valence electrons. The maximum atomic E-state index is 12.1. The van der Waals surface area contributed by atoms with Gasteiger partial charge in [-0.25, -0.2) is 0 Å². The first kappa shape index (κ1) is 17.9. The summed E-state index contributed by atoms with van der Waals surface area (Å²) in [6.45, 7) is 10.5. The van der Waals surface area contributed by atoms with Crippen molar-refractivity contribution in [3.63, 3.8) is 0 Å². The fourth-order valence-electron chi connectivity index (χ4n) is 1.38. The monoisotopic (exact) mass is 272 g/mol.